The van der Waals surface area contributed by atoms with E-state index in [2.05, 4.69) is 65.8 Å². The van der Waals surface area contributed by atoms with Crippen LogP contribution in [0.4, 0.5) is 0 Å². The van der Waals surface area contributed by atoms with E-state index in [9.17, 15) is 0 Å². The Hall–Kier alpha value is -1.02. The molecule has 0 aromatic heterocycles. The largest absolute Gasteiger partial charge is 0.553 e. The van der Waals surface area contributed by atoms with Crippen molar-refractivity contribution in [3.63, 3.8) is 0 Å². The van der Waals surface area contributed by atoms with Gasteiger partial charge in [0.1, 0.15) is 5.75 Å². The molecule has 29 heavy (non-hydrogen) atoms. The summed E-state index contributed by atoms with van der Waals surface area (Å²) in [6.07, 6.45) is 15.8. The fourth-order valence-electron chi connectivity index (χ4n) is 4.21. The van der Waals surface area contributed by atoms with Crippen molar-refractivity contribution in [1.82, 2.24) is 0 Å². The second-order valence-corrected chi connectivity index (χ2v) is 10.3. The molecule has 0 spiro atoms. The summed E-state index contributed by atoms with van der Waals surface area (Å²) in [6.45, 7) is 14.1. The van der Waals surface area contributed by atoms with Crippen LogP contribution in [0, 0.1) is 24.7 Å². The summed E-state index contributed by atoms with van der Waals surface area (Å²) in [4.78, 5) is 0. The number of rotatable bonds is 15. The van der Waals surface area contributed by atoms with Gasteiger partial charge >= 0.3 is 0 Å². The summed E-state index contributed by atoms with van der Waals surface area (Å²) in [6, 6.07) is 6.39. The number of allylic oxidation sites excluding steroid dienone is 2. The minimum atomic E-state index is 0.754. The second-order valence-electron chi connectivity index (χ2n) is 9.87. The second kappa shape index (κ2) is 14.9. The highest BCUT2D eigenvalue weighted by molar-refractivity contribution is 6.00. The van der Waals surface area contributed by atoms with E-state index in [0.29, 0.717) is 0 Å². The van der Waals surface area contributed by atoms with E-state index in [1.54, 1.807) is 0 Å². The number of hydrogen-bond acceptors (Lipinski definition) is 1. The molecule has 0 bridgehead atoms. The summed E-state index contributed by atoms with van der Waals surface area (Å²) in [5.74, 6) is 3.72. The quantitative estimate of drug-likeness (QED) is 0.211. The maximum atomic E-state index is 5.67. The summed E-state index contributed by atoms with van der Waals surface area (Å²) < 4.78 is 5.67. The molecule has 2 atom stereocenters. The summed E-state index contributed by atoms with van der Waals surface area (Å²) >= 11 is 0. The standard InChI is InChI=1S/C27H48OSi/c1-21(2)11-7-12-22(3)13-8-14-23(4)15-9-16-24(5)19-20-26-25(6)17-10-18-27(26)28-29/h10,17-19,21-23H,7-9,11-16,20H2,1-6,29H3/t22-,23-/m1/s1. The molecule has 0 aliphatic carbocycles. The van der Waals surface area contributed by atoms with Gasteiger partial charge in [-0.3, -0.25) is 0 Å². The Bertz CT molecular complexity index is 590. The van der Waals surface area contributed by atoms with E-state index in [-0.39, 0.29) is 0 Å². The van der Waals surface area contributed by atoms with Gasteiger partial charge in [0.2, 0.25) is 10.5 Å². The molecule has 0 aliphatic rings. The number of hydrogen-bond donors (Lipinski definition) is 0. The Morgan fingerprint density at radius 2 is 1.52 bits per heavy atom. The fourth-order valence-corrected chi connectivity index (χ4v) is 4.60. The molecule has 166 valence electrons. The lowest BCUT2D eigenvalue weighted by Gasteiger charge is -2.15. The molecule has 0 saturated carbocycles. The third kappa shape index (κ3) is 11.7. The predicted octanol–water partition coefficient (Wildman–Crippen LogP) is 7.58. The Balaban J connectivity index is 2.22. The Labute approximate surface area is 185 Å². The molecule has 0 aliphatic heterocycles. The van der Waals surface area contributed by atoms with E-state index in [1.807, 2.05) is 0 Å². The summed E-state index contributed by atoms with van der Waals surface area (Å²) in [5, 5.41) is 0. The molecule has 1 aromatic carbocycles. The Morgan fingerprint density at radius 1 is 0.931 bits per heavy atom. The molecule has 1 rings (SSSR count). The minimum Gasteiger partial charge on any atom is -0.553 e. The Kier molecular flexibility index (Phi) is 13.3. The highest BCUT2D eigenvalue weighted by Gasteiger charge is 2.07. The van der Waals surface area contributed by atoms with Crippen LogP contribution in [0.2, 0.25) is 0 Å². The molecule has 2 heteroatoms. The topological polar surface area (TPSA) is 9.23 Å². The van der Waals surface area contributed by atoms with E-state index in [1.165, 1.54) is 74.5 Å². The normalized spacial score (nSPS) is 14.4. The van der Waals surface area contributed by atoms with Crippen LogP contribution in [-0.4, -0.2) is 10.5 Å². The average Bonchev–Trinajstić information content (AvgIpc) is 2.66. The van der Waals surface area contributed by atoms with Crippen LogP contribution < -0.4 is 4.43 Å². The SMILES string of the molecule is CC(=CCc1c(C)cccc1O[SiH3])CCC[C@H](C)CCC[C@H](C)CCCC(C)C. The van der Waals surface area contributed by atoms with E-state index >= 15 is 0 Å². The van der Waals surface area contributed by atoms with Crippen molar-refractivity contribution in [2.75, 3.05) is 0 Å². The molecule has 0 heterocycles. The van der Waals surface area contributed by atoms with Gasteiger partial charge in [0.15, 0.2) is 0 Å². The lowest BCUT2D eigenvalue weighted by Crippen LogP contribution is -2.00. The van der Waals surface area contributed by atoms with Gasteiger partial charge in [-0.1, -0.05) is 96.4 Å². The van der Waals surface area contributed by atoms with Crippen molar-refractivity contribution in [2.24, 2.45) is 17.8 Å². The third-order valence-electron chi connectivity index (χ3n) is 6.38. The molecular formula is C27H48OSi. The highest BCUT2D eigenvalue weighted by atomic mass is 28.2. The average molecular weight is 417 g/mol. The van der Waals surface area contributed by atoms with Crippen molar-refractivity contribution >= 4 is 10.5 Å². The Morgan fingerprint density at radius 3 is 2.10 bits per heavy atom. The van der Waals surface area contributed by atoms with Gasteiger partial charge in [0.25, 0.3) is 0 Å². The first kappa shape index (κ1) is 26.0. The van der Waals surface area contributed by atoms with Crippen molar-refractivity contribution in [3.8, 4) is 5.75 Å². The van der Waals surface area contributed by atoms with Crippen molar-refractivity contribution in [2.45, 2.75) is 106 Å². The lowest BCUT2D eigenvalue weighted by molar-refractivity contribution is 0.389. The van der Waals surface area contributed by atoms with Crippen molar-refractivity contribution < 1.29 is 4.43 Å². The maximum absolute atomic E-state index is 5.67. The van der Waals surface area contributed by atoms with Gasteiger partial charge in [-0.15, -0.1) is 0 Å². The van der Waals surface area contributed by atoms with Gasteiger partial charge < -0.3 is 4.43 Å². The van der Waals surface area contributed by atoms with Crippen LogP contribution in [-0.2, 0) is 6.42 Å². The van der Waals surface area contributed by atoms with Gasteiger partial charge in [-0.2, -0.15) is 0 Å². The smallest absolute Gasteiger partial charge is 0.204 e. The number of benzene rings is 1. The van der Waals surface area contributed by atoms with Crippen LogP contribution in [0.25, 0.3) is 0 Å². The fraction of sp³-hybridized carbons (Fsp3) is 0.704. The van der Waals surface area contributed by atoms with Crippen molar-refractivity contribution in [1.29, 1.82) is 0 Å². The van der Waals surface area contributed by atoms with Crippen LogP contribution in [0.15, 0.2) is 29.8 Å². The first-order chi connectivity index (χ1) is 13.8. The third-order valence-corrected chi connectivity index (χ3v) is 6.82. The molecule has 0 saturated heterocycles. The van der Waals surface area contributed by atoms with E-state index < -0.39 is 0 Å². The van der Waals surface area contributed by atoms with E-state index in [0.717, 1.165) is 40.4 Å². The number of aryl methyl sites for hydroxylation is 1. The molecular weight excluding hydrogens is 368 g/mol. The van der Waals surface area contributed by atoms with Crippen LogP contribution in [0.5, 0.6) is 5.75 Å². The lowest BCUT2D eigenvalue weighted by atomic mass is 9.91. The maximum Gasteiger partial charge on any atom is 0.204 e. The van der Waals surface area contributed by atoms with Gasteiger partial charge in [0, 0.05) is 0 Å². The predicted molar refractivity (Wildman–Crippen MR) is 134 cm³/mol. The summed E-state index contributed by atoms with van der Waals surface area (Å²) in [5.41, 5.74) is 4.23. The van der Waals surface area contributed by atoms with Crippen LogP contribution in [0.3, 0.4) is 0 Å². The zero-order valence-corrected chi connectivity index (χ0v) is 22.5. The van der Waals surface area contributed by atoms with Gasteiger partial charge in [-0.25, -0.2) is 0 Å². The zero-order chi connectivity index (χ0) is 21.6. The first-order valence-electron chi connectivity index (χ1n) is 12.1. The first-order valence-corrected chi connectivity index (χ1v) is 12.9. The molecule has 0 amide bonds. The summed E-state index contributed by atoms with van der Waals surface area (Å²) in [7, 11) is 0.754. The monoisotopic (exact) mass is 416 g/mol. The highest BCUT2D eigenvalue weighted by Crippen LogP contribution is 2.24. The van der Waals surface area contributed by atoms with E-state index in [4.69, 9.17) is 4.43 Å². The molecule has 1 aromatic rings. The van der Waals surface area contributed by atoms with Crippen LogP contribution >= 0.6 is 0 Å². The minimum absolute atomic E-state index is 0.754. The zero-order valence-electron chi connectivity index (χ0n) is 20.5. The molecule has 1 nitrogen and oxygen atoms in total. The molecule has 0 unspecified atom stereocenters. The molecule has 0 radical (unpaired) electrons. The molecule has 0 fully saturated rings. The van der Waals surface area contributed by atoms with Crippen molar-refractivity contribution in [3.05, 3.63) is 41.0 Å². The molecule has 0 N–H and O–H groups in total. The van der Waals surface area contributed by atoms with Crippen LogP contribution in [0.1, 0.15) is 104 Å². The van der Waals surface area contributed by atoms with Gasteiger partial charge in [-0.05, 0) is 68.1 Å². The van der Waals surface area contributed by atoms with Gasteiger partial charge in [0.05, 0.1) is 0 Å².